The molecular formula is C24H16Cl3N5O. The summed E-state index contributed by atoms with van der Waals surface area (Å²) in [5.41, 5.74) is 3.21. The molecule has 5 rings (SSSR count). The topological polar surface area (TPSA) is 71.8 Å². The standard InChI is InChI=1S/C24H16Cl3N5O/c25-17-7-1-14(2-8-17)20-13-21(15-3-9-18(26)10-4-15)32-24(28-20)30-23(31-32)29-22(33)16-5-11-19(27)12-6-16/h1-13,21H,(H2,28,29,30,31,33). The third-order valence-electron chi connectivity index (χ3n) is 5.16. The second-order valence-electron chi connectivity index (χ2n) is 7.37. The van der Waals surface area contributed by atoms with Crippen molar-refractivity contribution < 1.29 is 4.79 Å². The highest BCUT2D eigenvalue weighted by molar-refractivity contribution is 6.31. The Kier molecular flexibility index (Phi) is 5.81. The lowest BCUT2D eigenvalue weighted by Crippen LogP contribution is -2.20. The zero-order chi connectivity index (χ0) is 22.9. The molecule has 0 saturated heterocycles. The van der Waals surface area contributed by atoms with Crippen molar-refractivity contribution in [3.8, 4) is 0 Å². The normalized spacial score (nSPS) is 14.8. The van der Waals surface area contributed by atoms with Gasteiger partial charge in [0.05, 0.1) is 0 Å². The minimum Gasteiger partial charge on any atom is -0.324 e. The first kappa shape index (κ1) is 21.5. The number of nitrogens with zero attached hydrogens (tertiary/aromatic N) is 3. The van der Waals surface area contributed by atoms with Gasteiger partial charge in [0.15, 0.2) is 0 Å². The van der Waals surface area contributed by atoms with Crippen LogP contribution in [-0.4, -0.2) is 20.7 Å². The maximum atomic E-state index is 12.6. The van der Waals surface area contributed by atoms with Crippen LogP contribution in [0.15, 0.2) is 78.9 Å². The van der Waals surface area contributed by atoms with Gasteiger partial charge in [0.1, 0.15) is 6.04 Å². The molecule has 0 saturated carbocycles. The van der Waals surface area contributed by atoms with Crippen LogP contribution in [0.1, 0.15) is 27.5 Å². The molecule has 1 aliphatic heterocycles. The molecule has 1 unspecified atom stereocenters. The van der Waals surface area contributed by atoms with Crippen LogP contribution < -0.4 is 10.6 Å². The number of hydrogen-bond donors (Lipinski definition) is 2. The fourth-order valence-corrected chi connectivity index (χ4v) is 3.89. The number of aromatic nitrogens is 3. The lowest BCUT2D eigenvalue weighted by Gasteiger charge is -2.24. The van der Waals surface area contributed by atoms with Crippen LogP contribution in [0.5, 0.6) is 0 Å². The van der Waals surface area contributed by atoms with Gasteiger partial charge in [-0.25, -0.2) is 4.68 Å². The van der Waals surface area contributed by atoms with Gasteiger partial charge in [-0.05, 0) is 65.7 Å². The number of amides is 1. The Labute approximate surface area is 204 Å². The molecule has 9 heteroatoms. The summed E-state index contributed by atoms with van der Waals surface area (Å²) in [6.07, 6.45) is 2.04. The van der Waals surface area contributed by atoms with Gasteiger partial charge in [-0.3, -0.25) is 10.1 Å². The Morgan fingerprint density at radius 3 is 2.06 bits per heavy atom. The highest BCUT2D eigenvalue weighted by atomic mass is 35.5. The van der Waals surface area contributed by atoms with Gasteiger partial charge in [-0.2, -0.15) is 4.98 Å². The second kappa shape index (κ2) is 8.90. The Balaban J connectivity index is 1.50. The molecule has 0 radical (unpaired) electrons. The number of hydrogen-bond acceptors (Lipinski definition) is 4. The summed E-state index contributed by atoms with van der Waals surface area (Å²) in [4.78, 5) is 17.2. The highest BCUT2D eigenvalue weighted by Gasteiger charge is 2.26. The lowest BCUT2D eigenvalue weighted by molar-refractivity contribution is 0.102. The SMILES string of the molecule is O=C(Nc1nc2n(n1)C(c1ccc(Cl)cc1)C=C(c1ccc(Cl)cc1)N2)c1ccc(Cl)cc1. The molecule has 2 N–H and O–H groups in total. The van der Waals surface area contributed by atoms with Crippen molar-refractivity contribution in [3.05, 3.63) is 111 Å². The minimum atomic E-state index is -0.330. The Hall–Kier alpha value is -3.32. The molecule has 3 aromatic carbocycles. The Morgan fingerprint density at radius 1 is 0.848 bits per heavy atom. The van der Waals surface area contributed by atoms with Crippen LogP contribution in [0.4, 0.5) is 11.9 Å². The fourth-order valence-electron chi connectivity index (χ4n) is 3.52. The molecule has 0 bridgehead atoms. The van der Waals surface area contributed by atoms with E-state index in [2.05, 4.69) is 20.7 Å². The number of anilines is 2. The van der Waals surface area contributed by atoms with Crippen LogP contribution in [0.3, 0.4) is 0 Å². The van der Waals surface area contributed by atoms with E-state index in [-0.39, 0.29) is 17.9 Å². The molecule has 0 spiro atoms. The van der Waals surface area contributed by atoms with Crippen molar-refractivity contribution in [2.75, 3.05) is 10.6 Å². The summed E-state index contributed by atoms with van der Waals surface area (Å²) in [6.45, 7) is 0. The third-order valence-corrected chi connectivity index (χ3v) is 5.92. The van der Waals surface area contributed by atoms with Gasteiger partial charge >= 0.3 is 0 Å². The third kappa shape index (κ3) is 4.59. The van der Waals surface area contributed by atoms with Gasteiger partial charge in [-0.15, -0.1) is 5.10 Å². The molecule has 0 aliphatic carbocycles. The molecular weight excluding hydrogens is 481 g/mol. The van der Waals surface area contributed by atoms with Crippen molar-refractivity contribution in [2.45, 2.75) is 6.04 Å². The van der Waals surface area contributed by atoms with E-state index < -0.39 is 0 Å². The van der Waals surface area contributed by atoms with Crippen molar-refractivity contribution in [3.63, 3.8) is 0 Å². The quantitative estimate of drug-likeness (QED) is 0.336. The average molecular weight is 497 g/mol. The first-order valence-electron chi connectivity index (χ1n) is 10.00. The summed E-state index contributed by atoms with van der Waals surface area (Å²) < 4.78 is 1.72. The summed E-state index contributed by atoms with van der Waals surface area (Å²) in [7, 11) is 0. The predicted octanol–water partition coefficient (Wildman–Crippen LogP) is 6.55. The number of halogens is 3. The van der Waals surface area contributed by atoms with E-state index in [0.29, 0.717) is 26.6 Å². The van der Waals surface area contributed by atoms with Gasteiger partial charge < -0.3 is 5.32 Å². The Bertz CT molecular complexity index is 1350. The molecule has 164 valence electrons. The number of benzene rings is 3. The van der Waals surface area contributed by atoms with E-state index in [9.17, 15) is 4.79 Å². The van der Waals surface area contributed by atoms with Crippen molar-refractivity contribution in [1.29, 1.82) is 0 Å². The van der Waals surface area contributed by atoms with Gasteiger partial charge in [0.2, 0.25) is 5.95 Å². The van der Waals surface area contributed by atoms with Gasteiger partial charge in [0, 0.05) is 26.3 Å². The van der Waals surface area contributed by atoms with E-state index in [1.165, 1.54) is 0 Å². The molecule has 1 amide bonds. The molecule has 33 heavy (non-hydrogen) atoms. The van der Waals surface area contributed by atoms with Gasteiger partial charge in [-0.1, -0.05) is 59.1 Å². The monoisotopic (exact) mass is 495 g/mol. The largest absolute Gasteiger partial charge is 0.324 e. The molecule has 1 atom stereocenters. The van der Waals surface area contributed by atoms with E-state index >= 15 is 0 Å². The number of carbonyl (C=O) groups excluding carboxylic acids is 1. The highest BCUT2D eigenvalue weighted by Crippen LogP contribution is 2.34. The molecule has 1 aliphatic rings. The molecule has 4 aromatic rings. The maximum Gasteiger partial charge on any atom is 0.258 e. The number of rotatable bonds is 4. The van der Waals surface area contributed by atoms with Crippen LogP contribution in [-0.2, 0) is 0 Å². The maximum absolute atomic E-state index is 12.6. The zero-order valence-electron chi connectivity index (χ0n) is 17.0. The van der Waals surface area contributed by atoms with Crippen molar-refractivity contribution in [1.82, 2.24) is 14.8 Å². The summed E-state index contributed by atoms with van der Waals surface area (Å²) in [5.74, 6) is 0.347. The summed E-state index contributed by atoms with van der Waals surface area (Å²) in [6, 6.07) is 21.4. The number of nitrogens with one attached hydrogen (secondary N) is 2. The first-order valence-corrected chi connectivity index (χ1v) is 11.1. The molecule has 6 nitrogen and oxygen atoms in total. The minimum absolute atomic E-state index is 0.183. The van der Waals surface area contributed by atoms with E-state index in [1.54, 1.807) is 28.9 Å². The van der Waals surface area contributed by atoms with E-state index in [1.807, 2.05) is 54.6 Å². The fraction of sp³-hybridized carbons (Fsp3) is 0.0417. The zero-order valence-corrected chi connectivity index (χ0v) is 19.2. The van der Waals surface area contributed by atoms with Crippen LogP contribution in [0.25, 0.3) is 5.70 Å². The summed E-state index contributed by atoms with van der Waals surface area (Å²) in [5, 5.41) is 12.4. The van der Waals surface area contributed by atoms with E-state index in [4.69, 9.17) is 34.8 Å². The molecule has 2 heterocycles. The Morgan fingerprint density at radius 2 is 1.42 bits per heavy atom. The second-order valence-corrected chi connectivity index (χ2v) is 8.68. The number of allylic oxidation sites excluding steroid dienone is 1. The summed E-state index contributed by atoms with van der Waals surface area (Å²) >= 11 is 18.1. The van der Waals surface area contributed by atoms with Crippen LogP contribution in [0, 0.1) is 0 Å². The van der Waals surface area contributed by atoms with Crippen molar-refractivity contribution >= 4 is 58.3 Å². The lowest BCUT2D eigenvalue weighted by atomic mass is 10.0. The van der Waals surface area contributed by atoms with Crippen LogP contribution in [0.2, 0.25) is 15.1 Å². The smallest absolute Gasteiger partial charge is 0.258 e. The number of carbonyl (C=O) groups is 1. The first-order chi connectivity index (χ1) is 16.0. The molecule has 0 fully saturated rings. The molecule has 1 aromatic heterocycles. The predicted molar refractivity (Wildman–Crippen MR) is 132 cm³/mol. The average Bonchev–Trinajstić information content (AvgIpc) is 3.22. The van der Waals surface area contributed by atoms with Crippen molar-refractivity contribution in [2.24, 2.45) is 0 Å². The van der Waals surface area contributed by atoms with Crippen LogP contribution >= 0.6 is 34.8 Å². The van der Waals surface area contributed by atoms with Gasteiger partial charge in [0.25, 0.3) is 11.9 Å². The number of fused-ring (bicyclic) bond motifs is 1. The van der Waals surface area contributed by atoms with E-state index in [0.717, 1.165) is 16.8 Å².